The Morgan fingerprint density at radius 1 is 1.21 bits per heavy atom. The van der Waals surface area contributed by atoms with Crippen LogP contribution in [0.5, 0.6) is 11.5 Å². The molecule has 4 heteroatoms. The van der Waals surface area contributed by atoms with Gasteiger partial charge in [-0.1, -0.05) is 0 Å². The fraction of sp³-hybridized carbons (Fsp3) is 0.600. The van der Waals surface area contributed by atoms with Crippen LogP contribution in [-0.4, -0.2) is 44.8 Å². The van der Waals surface area contributed by atoms with Crippen molar-refractivity contribution in [1.29, 1.82) is 0 Å². The molecule has 0 bridgehead atoms. The molecule has 19 heavy (non-hydrogen) atoms. The molecule has 2 aliphatic heterocycles. The van der Waals surface area contributed by atoms with Crippen molar-refractivity contribution in [3.05, 3.63) is 17.7 Å². The third-order valence-corrected chi connectivity index (χ3v) is 3.96. The molecule has 0 radical (unpaired) electrons. The number of rotatable bonds is 5. The van der Waals surface area contributed by atoms with Gasteiger partial charge in [0.1, 0.15) is 6.61 Å². The van der Waals surface area contributed by atoms with Gasteiger partial charge < -0.3 is 14.8 Å². The molecule has 0 aliphatic carbocycles. The molecule has 0 atom stereocenters. The summed E-state index contributed by atoms with van der Waals surface area (Å²) < 4.78 is 11.3. The lowest BCUT2D eigenvalue weighted by molar-refractivity contribution is 0.230. The van der Waals surface area contributed by atoms with E-state index in [1.807, 2.05) is 0 Å². The van der Waals surface area contributed by atoms with Crippen LogP contribution in [0.15, 0.2) is 12.1 Å². The Kier molecular flexibility index (Phi) is 3.78. The highest BCUT2D eigenvalue weighted by Gasteiger charge is 2.16. The Hall–Kier alpha value is -1.42. The predicted molar refractivity (Wildman–Crippen MR) is 76.4 cm³/mol. The molecule has 1 fully saturated rings. The van der Waals surface area contributed by atoms with Gasteiger partial charge in [0.2, 0.25) is 0 Å². The zero-order chi connectivity index (χ0) is 13.1. The third-order valence-electron chi connectivity index (χ3n) is 3.96. The first-order valence-corrected chi connectivity index (χ1v) is 7.17. The number of methoxy groups -OCH3 is 1. The highest BCUT2D eigenvalue weighted by atomic mass is 16.5. The first-order chi connectivity index (χ1) is 9.36. The van der Waals surface area contributed by atoms with E-state index in [0.29, 0.717) is 0 Å². The summed E-state index contributed by atoms with van der Waals surface area (Å²) in [4.78, 5) is 2.46. The highest BCUT2D eigenvalue weighted by molar-refractivity contribution is 5.63. The first kappa shape index (κ1) is 12.6. The average molecular weight is 262 g/mol. The van der Waals surface area contributed by atoms with Gasteiger partial charge in [-0.3, -0.25) is 4.90 Å². The Labute approximate surface area is 114 Å². The summed E-state index contributed by atoms with van der Waals surface area (Å²) in [6.45, 7) is 5.18. The zero-order valence-corrected chi connectivity index (χ0v) is 11.6. The van der Waals surface area contributed by atoms with E-state index in [1.54, 1.807) is 7.11 Å². The Morgan fingerprint density at radius 2 is 2.05 bits per heavy atom. The number of benzene rings is 1. The van der Waals surface area contributed by atoms with Gasteiger partial charge in [-0.2, -0.15) is 0 Å². The second-order valence-corrected chi connectivity index (χ2v) is 5.23. The van der Waals surface area contributed by atoms with Crippen molar-refractivity contribution in [2.24, 2.45) is 0 Å². The van der Waals surface area contributed by atoms with Crippen LogP contribution in [0.25, 0.3) is 0 Å². The normalized spacial score (nSPS) is 18.2. The molecule has 2 heterocycles. The molecule has 1 aromatic carbocycles. The minimum Gasteiger partial charge on any atom is -0.493 e. The van der Waals surface area contributed by atoms with Crippen molar-refractivity contribution in [3.8, 4) is 11.5 Å². The average Bonchev–Trinajstić information content (AvgIpc) is 3.08. The van der Waals surface area contributed by atoms with Crippen molar-refractivity contribution in [2.75, 3.05) is 45.2 Å². The molecule has 3 rings (SSSR count). The minimum atomic E-state index is 0.731. The van der Waals surface area contributed by atoms with E-state index in [2.05, 4.69) is 22.3 Å². The number of nitrogens with one attached hydrogen (secondary N) is 1. The van der Waals surface area contributed by atoms with Gasteiger partial charge in [0.25, 0.3) is 0 Å². The van der Waals surface area contributed by atoms with Crippen LogP contribution in [0.2, 0.25) is 0 Å². The summed E-state index contributed by atoms with van der Waals surface area (Å²) in [5, 5.41) is 3.38. The van der Waals surface area contributed by atoms with Crippen LogP contribution in [0.4, 0.5) is 5.69 Å². The first-order valence-electron chi connectivity index (χ1n) is 7.17. The number of nitrogens with zero attached hydrogens (tertiary/aromatic N) is 1. The molecule has 0 amide bonds. The maximum Gasteiger partial charge on any atom is 0.163 e. The van der Waals surface area contributed by atoms with Crippen LogP contribution < -0.4 is 14.8 Å². The number of likely N-dealkylation sites (tertiary alicyclic amines) is 1. The van der Waals surface area contributed by atoms with Crippen molar-refractivity contribution in [2.45, 2.75) is 19.3 Å². The topological polar surface area (TPSA) is 33.7 Å². The molecule has 1 saturated heterocycles. The van der Waals surface area contributed by atoms with E-state index in [9.17, 15) is 0 Å². The van der Waals surface area contributed by atoms with Gasteiger partial charge >= 0.3 is 0 Å². The summed E-state index contributed by atoms with van der Waals surface area (Å²) >= 11 is 0. The van der Waals surface area contributed by atoms with Crippen molar-refractivity contribution >= 4 is 5.69 Å². The molecule has 0 unspecified atom stereocenters. The smallest absolute Gasteiger partial charge is 0.163 e. The quantitative estimate of drug-likeness (QED) is 0.881. The summed E-state index contributed by atoms with van der Waals surface area (Å²) in [6.07, 6.45) is 3.72. The highest BCUT2D eigenvalue weighted by Crippen LogP contribution is 2.35. The summed E-state index contributed by atoms with van der Waals surface area (Å²) in [7, 11) is 1.71. The standard InChI is InChI=1S/C15H22N2O2/c1-18-14-10-12-4-5-16-13(12)11-15(14)19-9-8-17-6-2-3-7-17/h10-11,16H,2-9H2,1H3. The maximum absolute atomic E-state index is 5.91. The molecule has 2 aliphatic rings. The van der Waals surface area contributed by atoms with Gasteiger partial charge in [-0.05, 0) is 44.0 Å². The van der Waals surface area contributed by atoms with Crippen molar-refractivity contribution in [1.82, 2.24) is 4.90 Å². The fourth-order valence-corrected chi connectivity index (χ4v) is 2.87. The van der Waals surface area contributed by atoms with Crippen molar-refractivity contribution in [3.63, 3.8) is 0 Å². The minimum absolute atomic E-state index is 0.731. The van der Waals surface area contributed by atoms with E-state index < -0.39 is 0 Å². The maximum atomic E-state index is 5.91. The molecule has 0 aromatic heterocycles. The van der Waals surface area contributed by atoms with Crippen LogP contribution in [0.1, 0.15) is 18.4 Å². The Balaban J connectivity index is 1.62. The third kappa shape index (κ3) is 2.78. The summed E-state index contributed by atoms with van der Waals surface area (Å²) in [6, 6.07) is 4.17. The van der Waals surface area contributed by atoms with Crippen LogP contribution in [0, 0.1) is 0 Å². The summed E-state index contributed by atoms with van der Waals surface area (Å²) in [5.41, 5.74) is 2.51. The number of hydrogen-bond acceptors (Lipinski definition) is 4. The fourth-order valence-electron chi connectivity index (χ4n) is 2.87. The molecule has 1 aromatic rings. The lowest BCUT2D eigenvalue weighted by Crippen LogP contribution is -2.25. The van der Waals surface area contributed by atoms with Gasteiger partial charge in [0, 0.05) is 24.8 Å². The second-order valence-electron chi connectivity index (χ2n) is 5.23. The van der Waals surface area contributed by atoms with Crippen molar-refractivity contribution < 1.29 is 9.47 Å². The lowest BCUT2D eigenvalue weighted by atomic mass is 10.1. The monoisotopic (exact) mass is 262 g/mol. The SMILES string of the molecule is COc1cc2c(cc1OCCN1CCCC1)NCC2. The van der Waals surface area contributed by atoms with Gasteiger partial charge in [-0.15, -0.1) is 0 Å². The van der Waals surface area contributed by atoms with Gasteiger partial charge in [0.05, 0.1) is 7.11 Å². The Bertz CT molecular complexity index is 442. The molecule has 4 nitrogen and oxygen atoms in total. The lowest BCUT2D eigenvalue weighted by Gasteiger charge is -2.17. The van der Waals surface area contributed by atoms with E-state index in [-0.39, 0.29) is 0 Å². The van der Waals surface area contributed by atoms with Crippen LogP contribution in [-0.2, 0) is 6.42 Å². The van der Waals surface area contributed by atoms with E-state index >= 15 is 0 Å². The molecule has 1 N–H and O–H groups in total. The Morgan fingerprint density at radius 3 is 2.84 bits per heavy atom. The number of anilines is 1. The molecule has 104 valence electrons. The molecular weight excluding hydrogens is 240 g/mol. The van der Waals surface area contributed by atoms with Gasteiger partial charge in [0.15, 0.2) is 11.5 Å². The number of fused-ring (bicyclic) bond motifs is 1. The van der Waals surface area contributed by atoms with Crippen LogP contribution >= 0.6 is 0 Å². The number of ether oxygens (including phenoxy) is 2. The van der Waals surface area contributed by atoms with Gasteiger partial charge in [-0.25, -0.2) is 0 Å². The van der Waals surface area contributed by atoms with E-state index in [0.717, 1.165) is 37.6 Å². The van der Waals surface area contributed by atoms with Crippen LogP contribution in [0.3, 0.4) is 0 Å². The zero-order valence-electron chi connectivity index (χ0n) is 11.6. The van der Waals surface area contributed by atoms with E-state index in [4.69, 9.17) is 9.47 Å². The van der Waals surface area contributed by atoms with E-state index in [1.165, 1.54) is 37.2 Å². The largest absolute Gasteiger partial charge is 0.493 e. The number of hydrogen-bond donors (Lipinski definition) is 1. The summed E-state index contributed by atoms with van der Waals surface area (Å²) in [5.74, 6) is 1.71. The molecular formula is C15H22N2O2. The molecule has 0 saturated carbocycles. The molecule has 0 spiro atoms. The second kappa shape index (κ2) is 5.70. The predicted octanol–water partition coefficient (Wildman–Crippen LogP) is 2.14.